The minimum absolute atomic E-state index is 0.0160. The summed E-state index contributed by atoms with van der Waals surface area (Å²) < 4.78 is 0. The van der Waals surface area contributed by atoms with Gasteiger partial charge in [-0.25, -0.2) is 4.98 Å². The maximum absolute atomic E-state index is 16.3. The maximum atomic E-state index is 16.3. The van der Waals surface area contributed by atoms with E-state index in [1.165, 1.54) is 44.5 Å². The number of allylic oxidation sites excluding steroid dienone is 1. The van der Waals surface area contributed by atoms with Gasteiger partial charge >= 0.3 is 0 Å². The molecular weight excluding hydrogens is 1000 g/mol. The molecule has 6 heteroatoms. The van der Waals surface area contributed by atoms with Gasteiger partial charge in [0.2, 0.25) is 0 Å². The lowest BCUT2D eigenvalue weighted by atomic mass is 9.77. The van der Waals surface area contributed by atoms with Crippen molar-refractivity contribution in [2.75, 3.05) is 0 Å². The van der Waals surface area contributed by atoms with Crippen LogP contribution in [0.25, 0.3) is 87.5 Å². The van der Waals surface area contributed by atoms with Crippen molar-refractivity contribution in [3.63, 3.8) is 0 Å². The molecule has 2 N–H and O–H groups in total. The zero-order chi connectivity index (χ0) is 57.8. The fourth-order valence-corrected chi connectivity index (χ4v) is 15.8. The molecule has 2 aromatic heterocycles. The van der Waals surface area contributed by atoms with Gasteiger partial charge in [0.1, 0.15) is 0 Å². The molecule has 0 fully saturated rings. The standard InChI is InChI=1S/C76H72N4O2/c1-33-19-35(3)55(36(4)20-33)61-51-29-43-59-49(75(13,14)15)25-39-23-41(73(7,8)9)27-45-57(39)63(59)65(67(43)77-51)69-47(71(45)81)31-53(79-69)62(56-37(5)21-34(2)22-38(56)6)54-32-48-70(80-54)66-64-58-40(24-42(74(10,11)12)28-46(58)72(48)82)26-50(76(16,17)18)60(64)44-30-52(61)78-68(44)66/h19-32,65,69,77,80H,1-18H3. The van der Waals surface area contributed by atoms with Gasteiger partial charge in [0, 0.05) is 77.1 Å². The van der Waals surface area contributed by atoms with Crippen LogP contribution in [0, 0.1) is 41.5 Å². The minimum Gasteiger partial charge on any atom is -0.357 e. The van der Waals surface area contributed by atoms with Crippen LogP contribution in [0.15, 0.2) is 100 Å². The number of H-pyrrole nitrogens is 2. The third-order valence-corrected chi connectivity index (χ3v) is 19.3. The Morgan fingerprint density at radius 1 is 0.488 bits per heavy atom. The molecule has 0 radical (unpaired) electrons. The van der Waals surface area contributed by atoms with Crippen LogP contribution in [-0.4, -0.2) is 32.5 Å². The first-order valence-electron chi connectivity index (χ1n) is 29.6. The Bertz CT molecular complexity index is 5010. The molecule has 8 bridgehead atoms. The Morgan fingerprint density at radius 2 is 1.07 bits per heavy atom. The molecule has 5 heterocycles. The van der Waals surface area contributed by atoms with Crippen molar-refractivity contribution in [1.82, 2.24) is 15.0 Å². The third-order valence-electron chi connectivity index (χ3n) is 19.3. The summed E-state index contributed by atoms with van der Waals surface area (Å²) in [6, 6.07) is 29.3. The van der Waals surface area contributed by atoms with E-state index < -0.39 is 6.04 Å². The topological polar surface area (TPSA) is 91.0 Å². The number of hydrogen-bond donors (Lipinski definition) is 2. The third kappa shape index (κ3) is 6.75. The average Bonchev–Trinajstić information content (AvgIpc) is 1.65. The zero-order valence-corrected chi connectivity index (χ0v) is 50.9. The number of benzene rings is 6. The highest BCUT2D eigenvalue weighted by atomic mass is 16.1. The monoisotopic (exact) mass is 1070 g/mol. The number of ketones is 1. The van der Waals surface area contributed by atoms with Gasteiger partial charge in [-0.2, -0.15) is 0 Å². The summed E-state index contributed by atoms with van der Waals surface area (Å²) in [7, 11) is 0. The molecule has 0 saturated heterocycles. The van der Waals surface area contributed by atoms with Crippen molar-refractivity contribution < 1.29 is 4.79 Å². The molecule has 0 saturated carbocycles. The maximum Gasteiger partial charge on any atom is 0.195 e. The van der Waals surface area contributed by atoms with Crippen LogP contribution in [0.5, 0.6) is 0 Å². The normalized spacial score (nSPS) is 17.1. The van der Waals surface area contributed by atoms with E-state index in [0.717, 1.165) is 138 Å². The van der Waals surface area contributed by atoms with Gasteiger partial charge in [0.25, 0.3) is 0 Å². The number of Topliss-reactive ketones (excluding diaryl/α,β-unsaturated/α-hetero) is 1. The van der Waals surface area contributed by atoms with Gasteiger partial charge in [-0.05, 0) is 200 Å². The van der Waals surface area contributed by atoms with Gasteiger partial charge in [-0.3, -0.25) is 14.6 Å². The van der Waals surface area contributed by atoms with Crippen LogP contribution in [0.2, 0.25) is 0 Å². The van der Waals surface area contributed by atoms with E-state index in [1.54, 1.807) is 0 Å². The average molecular weight is 1070 g/mol. The second-order valence-corrected chi connectivity index (χ2v) is 29.4. The van der Waals surface area contributed by atoms with Gasteiger partial charge in [0.15, 0.2) is 11.2 Å². The molecule has 15 rings (SSSR count). The van der Waals surface area contributed by atoms with Gasteiger partial charge < -0.3 is 9.97 Å². The second kappa shape index (κ2) is 16.0. The highest BCUT2D eigenvalue weighted by Gasteiger charge is 2.49. The SMILES string of the molecule is Cc1cc(C)c(C2=c3cc4c5c(C(C)(C)C)cc6cc(C(C)(C)C)cc7c(=O)c8cc([nH]c8c(c-4n3)c5c67)=C(c3c(C)cc(C)cc3C)C3=NC4C(=C3)C(=O)c3cc(C(C)(C)C)cc5cc(C(C)(C)C)c6c(c35)C4c3[nH]c2cc3-6)c(C)c1. The number of carbonyl (C=O) groups is 1. The number of aromatic nitrogens is 3. The summed E-state index contributed by atoms with van der Waals surface area (Å²) in [4.78, 5) is 52.9. The van der Waals surface area contributed by atoms with Crippen molar-refractivity contribution >= 4 is 76.6 Å². The highest BCUT2D eigenvalue weighted by molar-refractivity contribution is 6.37. The molecule has 0 amide bonds. The number of fused-ring (bicyclic) bond motifs is 5. The zero-order valence-electron chi connectivity index (χ0n) is 50.9. The molecule has 9 aromatic rings. The fourth-order valence-electron chi connectivity index (χ4n) is 15.8. The Morgan fingerprint density at radius 3 is 1.68 bits per heavy atom. The number of carbonyl (C=O) groups excluding carboxylic acids is 1. The Hall–Kier alpha value is -7.96. The van der Waals surface area contributed by atoms with Crippen molar-refractivity contribution in [1.29, 1.82) is 0 Å². The van der Waals surface area contributed by atoms with E-state index in [2.05, 4.69) is 220 Å². The summed E-state index contributed by atoms with van der Waals surface area (Å²) in [5.74, 6) is -0.312. The highest BCUT2D eigenvalue weighted by Crippen LogP contribution is 2.59. The van der Waals surface area contributed by atoms with Gasteiger partial charge in [-0.15, -0.1) is 0 Å². The largest absolute Gasteiger partial charge is 0.357 e. The first-order valence-corrected chi connectivity index (χ1v) is 29.6. The molecule has 3 aliphatic carbocycles. The summed E-state index contributed by atoms with van der Waals surface area (Å²) in [5, 5.41) is 10.3. The molecule has 408 valence electrons. The van der Waals surface area contributed by atoms with E-state index in [0.29, 0.717) is 16.3 Å². The van der Waals surface area contributed by atoms with Crippen LogP contribution in [0.3, 0.4) is 0 Å². The van der Waals surface area contributed by atoms with E-state index in [9.17, 15) is 0 Å². The van der Waals surface area contributed by atoms with Crippen LogP contribution in [-0.2, 0) is 21.7 Å². The van der Waals surface area contributed by atoms with Crippen molar-refractivity contribution in [2.24, 2.45) is 4.99 Å². The van der Waals surface area contributed by atoms with E-state index in [-0.39, 0.29) is 38.8 Å². The van der Waals surface area contributed by atoms with Crippen molar-refractivity contribution in [3.8, 4) is 22.4 Å². The van der Waals surface area contributed by atoms with Gasteiger partial charge in [0.05, 0.1) is 34.2 Å². The lowest BCUT2D eigenvalue weighted by molar-refractivity contribution is 0.103. The number of nitrogens with zero attached hydrogens (tertiary/aromatic N) is 2. The summed E-state index contributed by atoms with van der Waals surface area (Å²) in [6.07, 6.45) is 2.13. The predicted molar refractivity (Wildman–Crippen MR) is 343 cm³/mol. The predicted octanol–water partition coefficient (Wildman–Crippen LogP) is 16.4. The molecular formula is C76H72N4O2. The molecule has 2 atom stereocenters. The lowest BCUT2D eigenvalue weighted by Gasteiger charge is -2.27. The fraction of sp³-hybridized carbons (Fsp3) is 0.316. The number of rotatable bonds is 2. The Labute approximate surface area is 480 Å². The van der Waals surface area contributed by atoms with Crippen LogP contribution >= 0.6 is 0 Å². The number of hydrogen-bond acceptors (Lipinski definition) is 4. The molecule has 3 aliphatic heterocycles. The molecule has 6 nitrogen and oxygen atoms in total. The van der Waals surface area contributed by atoms with E-state index in [4.69, 9.17) is 9.98 Å². The van der Waals surface area contributed by atoms with E-state index in [1.807, 2.05) is 0 Å². The van der Waals surface area contributed by atoms with E-state index >= 15 is 9.59 Å². The number of nitrogens with one attached hydrogen (secondary N) is 2. The van der Waals surface area contributed by atoms with Crippen LogP contribution < -0.4 is 16.1 Å². The number of aliphatic imine (C=N–C) groups is 1. The molecule has 6 aliphatic rings. The minimum atomic E-state index is -0.567. The second-order valence-electron chi connectivity index (χ2n) is 29.4. The Balaban J connectivity index is 1.24. The first kappa shape index (κ1) is 51.0. The molecule has 7 aromatic carbocycles. The Kier molecular flexibility index (Phi) is 9.93. The summed E-state index contributed by atoms with van der Waals surface area (Å²) in [5.41, 5.74) is 25.2. The molecule has 0 spiro atoms. The van der Waals surface area contributed by atoms with Gasteiger partial charge in [-0.1, -0.05) is 131 Å². The molecule has 82 heavy (non-hydrogen) atoms. The number of aryl methyl sites for hydroxylation is 6. The van der Waals surface area contributed by atoms with Crippen molar-refractivity contribution in [3.05, 3.63) is 201 Å². The smallest absolute Gasteiger partial charge is 0.195 e. The number of aromatic amines is 2. The summed E-state index contributed by atoms with van der Waals surface area (Å²) >= 11 is 0. The summed E-state index contributed by atoms with van der Waals surface area (Å²) in [6.45, 7) is 40.5. The van der Waals surface area contributed by atoms with Crippen LogP contribution in [0.4, 0.5) is 0 Å². The van der Waals surface area contributed by atoms with Crippen LogP contribution in [0.1, 0.15) is 183 Å². The molecule has 2 unspecified atom stereocenters. The lowest BCUT2D eigenvalue weighted by Crippen LogP contribution is -2.21. The quantitative estimate of drug-likeness (QED) is 0.181. The first-order chi connectivity index (χ1) is 38.5. The van der Waals surface area contributed by atoms with Crippen molar-refractivity contribution in [2.45, 2.75) is 158 Å².